The zero-order chi connectivity index (χ0) is 15.6. The van der Waals surface area contributed by atoms with Gasteiger partial charge < -0.3 is 9.84 Å². The fourth-order valence-corrected chi connectivity index (χ4v) is 4.31. The molecule has 1 N–H and O–H groups in total. The summed E-state index contributed by atoms with van der Waals surface area (Å²) < 4.78 is 32.8. The van der Waals surface area contributed by atoms with E-state index in [9.17, 15) is 13.5 Å². The summed E-state index contributed by atoms with van der Waals surface area (Å²) in [5.41, 5.74) is 0.602. The molecule has 0 bridgehead atoms. The van der Waals surface area contributed by atoms with Crippen molar-refractivity contribution < 1.29 is 18.3 Å². The van der Waals surface area contributed by atoms with Crippen LogP contribution in [0.3, 0.4) is 0 Å². The lowest BCUT2D eigenvalue weighted by Crippen LogP contribution is -2.51. The number of benzene rings is 1. The minimum absolute atomic E-state index is 0.109. The Morgan fingerprint density at radius 2 is 2.19 bits per heavy atom. The summed E-state index contributed by atoms with van der Waals surface area (Å²) in [4.78, 5) is 0.230. The summed E-state index contributed by atoms with van der Waals surface area (Å²) in [7, 11) is -3.57. The number of hydrogen-bond acceptors (Lipinski definition) is 4. The minimum atomic E-state index is -3.57. The molecule has 0 aromatic heterocycles. The fourth-order valence-electron chi connectivity index (χ4n) is 2.50. The van der Waals surface area contributed by atoms with Crippen molar-refractivity contribution >= 4 is 10.0 Å². The lowest BCUT2D eigenvalue weighted by molar-refractivity contribution is -0.0230. The van der Waals surface area contributed by atoms with Crippen LogP contribution in [-0.2, 0) is 14.8 Å². The van der Waals surface area contributed by atoms with Gasteiger partial charge in [-0.1, -0.05) is 19.1 Å². The molecule has 0 saturated carbocycles. The second kappa shape index (κ2) is 6.44. The van der Waals surface area contributed by atoms with Crippen molar-refractivity contribution in [3.63, 3.8) is 0 Å². The van der Waals surface area contributed by atoms with E-state index in [0.717, 1.165) is 0 Å². The molecule has 1 aliphatic heterocycles. The first-order valence-corrected chi connectivity index (χ1v) is 8.71. The van der Waals surface area contributed by atoms with Crippen LogP contribution in [0.4, 0.5) is 0 Å². The molecule has 2 rings (SSSR count). The zero-order valence-corrected chi connectivity index (χ0v) is 13.5. The maximum absolute atomic E-state index is 12.9. The van der Waals surface area contributed by atoms with Gasteiger partial charge in [0, 0.05) is 12.6 Å². The molecule has 3 atom stereocenters. The van der Waals surface area contributed by atoms with Crippen LogP contribution in [0.15, 0.2) is 29.2 Å². The first-order valence-electron chi connectivity index (χ1n) is 7.27. The SMILES string of the molecule is CCC1COC(C)CN1S(=O)(=O)c1cccc(C(C)O)c1. The third-order valence-corrected chi connectivity index (χ3v) is 5.75. The van der Waals surface area contributed by atoms with Gasteiger partial charge in [-0.2, -0.15) is 4.31 Å². The molecule has 1 saturated heterocycles. The number of morpholine rings is 1. The highest BCUT2D eigenvalue weighted by Gasteiger charge is 2.35. The number of aliphatic hydroxyl groups is 1. The third kappa shape index (κ3) is 3.45. The topological polar surface area (TPSA) is 66.8 Å². The molecule has 1 aliphatic rings. The molecule has 3 unspecified atom stereocenters. The Morgan fingerprint density at radius 1 is 1.48 bits per heavy atom. The van der Waals surface area contributed by atoms with Crippen LogP contribution >= 0.6 is 0 Å². The molecule has 0 radical (unpaired) electrons. The van der Waals surface area contributed by atoms with Crippen LogP contribution in [0.1, 0.15) is 38.9 Å². The Kier molecular flexibility index (Phi) is 5.03. The molecule has 0 aliphatic carbocycles. The van der Waals surface area contributed by atoms with Crippen LogP contribution in [0.5, 0.6) is 0 Å². The predicted molar refractivity (Wildman–Crippen MR) is 80.5 cm³/mol. The molecule has 1 aromatic carbocycles. The number of ether oxygens (including phenoxy) is 1. The maximum atomic E-state index is 12.9. The normalized spacial score (nSPS) is 25.7. The molecule has 21 heavy (non-hydrogen) atoms. The summed E-state index contributed by atoms with van der Waals surface area (Å²) in [5, 5.41) is 9.64. The van der Waals surface area contributed by atoms with E-state index in [1.165, 1.54) is 4.31 Å². The number of nitrogens with zero attached hydrogens (tertiary/aromatic N) is 1. The van der Waals surface area contributed by atoms with Crippen molar-refractivity contribution in [2.45, 2.75) is 50.3 Å². The Hall–Kier alpha value is -0.950. The van der Waals surface area contributed by atoms with Gasteiger partial charge in [0.05, 0.1) is 23.7 Å². The van der Waals surface area contributed by atoms with Gasteiger partial charge in [0.1, 0.15) is 0 Å². The summed E-state index contributed by atoms with van der Waals surface area (Å²) >= 11 is 0. The van der Waals surface area contributed by atoms with E-state index in [1.807, 2.05) is 13.8 Å². The molecule has 1 aromatic rings. The molecule has 1 heterocycles. The average Bonchev–Trinajstić information content (AvgIpc) is 2.47. The highest BCUT2D eigenvalue weighted by Crippen LogP contribution is 2.25. The van der Waals surface area contributed by atoms with Crippen molar-refractivity contribution in [1.82, 2.24) is 4.31 Å². The van der Waals surface area contributed by atoms with Crippen LogP contribution in [0.25, 0.3) is 0 Å². The maximum Gasteiger partial charge on any atom is 0.243 e. The van der Waals surface area contributed by atoms with Gasteiger partial charge in [0.15, 0.2) is 0 Å². The lowest BCUT2D eigenvalue weighted by atomic mass is 10.1. The minimum Gasteiger partial charge on any atom is -0.389 e. The van der Waals surface area contributed by atoms with Crippen molar-refractivity contribution in [3.8, 4) is 0 Å². The number of aliphatic hydroxyl groups excluding tert-OH is 1. The van der Waals surface area contributed by atoms with Gasteiger partial charge in [-0.25, -0.2) is 8.42 Å². The van der Waals surface area contributed by atoms with E-state index >= 15 is 0 Å². The van der Waals surface area contributed by atoms with E-state index in [1.54, 1.807) is 31.2 Å². The van der Waals surface area contributed by atoms with E-state index in [-0.39, 0.29) is 17.0 Å². The summed E-state index contributed by atoms with van der Waals surface area (Å²) in [5.74, 6) is 0. The molecule has 0 amide bonds. The molecule has 5 nitrogen and oxygen atoms in total. The highest BCUT2D eigenvalue weighted by molar-refractivity contribution is 7.89. The van der Waals surface area contributed by atoms with Gasteiger partial charge in [0.25, 0.3) is 0 Å². The lowest BCUT2D eigenvalue weighted by Gasteiger charge is -2.37. The standard InChI is InChI=1S/C15H23NO4S/c1-4-14-10-20-11(2)9-16(14)21(18,19)15-7-5-6-13(8-15)12(3)17/h5-8,11-12,14,17H,4,9-10H2,1-3H3. The molecular formula is C15H23NO4S. The van der Waals surface area contributed by atoms with Crippen molar-refractivity contribution in [1.29, 1.82) is 0 Å². The van der Waals surface area contributed by atoms with Gasteiger partial charge in [-0.05, 0) is 38.0 Å². The van der Waals surface area contributed by atoms with Crippen LogP contribution in [-0.4, -0.2) is 43.1 Å². The van der Waals surface area contributed by atoms with Crippen LogP contribution in [0.2, 0.25) is 0 Å². The quantitative estimate of drug-likeness (QED) is 0.922. The average molecular weight is 313 g/mol. The first-order chi connectivity index (χ1) is 9.86. The molecular weight excluding hydrogens is 290 g/mol. The second-order valence-electron chi connectivity index (χ2n) is 5.53. The van der Waals surface area contributed by atoms with Crippen LogP contribution < -0.4 is 0 Å². The number of hydrogen-bond donors (Lipinski definition) is 1. The third-order valence-electron chi connectivity index (χ3n) is 3.84. The monoisotopic (exact) mass is 313 g/mol. The largest absolute Gasteiger partial charge is 0.389 e. The molecule has 0 spiro atoms. The smallest absolute Gasteiger partial charge is 0.243 e. The van der Waals surface area contributed by atoms with E-state index < -0.39 is 16.1 Å². The van der Waals surface area contributed by atoms with Gasteiger partial charge in [-0.15, -0.1) is 0 Å². The van der Waals surface area contributed by atoms with E-state index in [4.69, 9.17) is 4.74 Å². The second-order valence-corrected chi connectivity index (χ2v) is 7.42. The van der Waals surface area contributed by atoms with E-state index in [2.05, 4.69) is 0 Å². The van der Waals surface area contributed by atoms with Gasteiger partial charge in [0.2, 0.25) is 10.0 Å². The number of sulfonamides is 1. The van der Waals surface area contributed by atoms with Crippen molar-refractivity contribution in [2.24, 2.45) is 0 Å². The van der Waals surface area contributed by atoms with Gasteiger partial charge >= 0.3 is 0 Å². The zero-order valence-electron chi connectivity index (χ0n) is 12.7. The molecule has 1 fully saturated rings. The molecule has 118 valence electrons. The highest BCUT2D eigenvalue weighted by atomic mass is 32.2. The Labute approximate surface area is 126 Å². The van der Waals surface area contributed by atoms with E-state index in [0.29, 0.717) is 25.1 Å². The Balaban J connectivity index is 2.38. The van der Waals surface area contributed by atoms with Crippen LogP contribution in [0, 0.1) is 0 Å². The molecule has 6 heteroatoms. The Morgan fingerprint density at radius 3 is 2.81 bits per heavy atom. The van der Waals surface area contributed by atoms with Crippen molar-refractivity contribution in [3.05, 3.63) is 29.8 Å². The first kappa shape index (κ1) is 16.4. The van der Waals surface area contributed by atoms with Gasteiger partial charge in [-0.3, -0.25) is 0 Å². The predicted octanol–water partition coefficient (Wildman–Crippen LogP) is 1.93. The fraction of sp³-hybridized carbons (Fsp3) is 0.600. The van der Waals surface area contributed by atoms with Crippen molar-refractivity contribution in [2.75, 3.05) is 13.2 Å². The summed E-state index contributed by atoms with van der Waals surface area (Å²) in [6, 6.07) is 6.38. The Bertz CT molecular complexity index is 585. The summed E-state index contributed by atoms with van der Waals surface area (Å²) in [6.45, 7) is 6.24. The number of rotatable bonds is 4. The summed E-state index contributed by atoms with van der Waals surface area (Å²) in [6.07, 6.45) is -0.0875.